The number of aromatic nitrogens is 4. The number of benzene rings is 1. The number of carbonyl (C=O) groups excluding carboxylic acids is 1. The molecule has 0 atom stereocenters. The van der Waals surface area contributed by atoms with Crippen molar-refractivity contribution in [2.75, 3.05) is 7.05 Å². The largest absolute Gasteiger partial charge is 0.471 e. The number of fused-ring (bicyclic) bond motifs is 1. The highest BCUT2D eigenvalue weighted by molar-refractivity contribution is 5.91. The molecule has 3 aromatic heterocycles. The van der Waals surface area contributed by atoms with Crippen LogP contribution in [-0.4, -0.2) is 37.0 Å². The van der Waals surface area contributed by atoms with E-state index in [-0.39, 0.29) is 12.6 Å². The van der Waals surface area contributed by atoms with Gasteiger partial charge in [-0.2, -0.15) is 5.10 Å². The van der Waals surface area contributed by atoms with Crippen LogP contribution in [0.5, 0.6) is 5.75 Å². The average molecular weight is 389 g/mol. The van der Waals surface area contributed by atoms with Gasteiger partial charge in [-0.15, -0.1) is 0 Å². The molecular formula is C22H23N5O2. The fourth-order valence-electron chi connectivity index (χ4n) is 3.22. The van der Waals surface area contributed by atoms with Crippen LogP contribution < -0.4 is 4.74 Å². The van der Waals surface area contributed by atoms with E-state index >= 15 is 0 Å². The van der Waals surface area contributed by atoms with E-state index in [9.17, 15) is 4.79 Å². The summed E-state index contributed by atoms with van der Waals surface area (Å²) in [5, 5.41) is 4.35. The third kappa shape index (κ3) is 4.13. The van der Waals surface area contributed by atoms with Crippen molar-refractivity contribution in [3.05, 3.63) is 83.6 Å². The summed E-state index contributed by atoms with van der Waals surface area (Å²) in [7, 11) is 1.75. The van der Waals surface area contributed by atoms with E-state index in [1.165, 1.54) is 5.56 Å². The van der Waals surface area contributed by atoms with E-state index in [0.29, 0.717) is 12.2 Å². The fourth-order valence-corrected chi connectivity index (χ4v) is 3.22. The van der Waals surface area contributed by atoms with Crippen molar-refractivity contribution in [3.63, 3.8) is 0 Å². The molecule has 1 aromatic carbocycles. The molecule has 0 spiro atoms. The normalized spacial score (nSPS) is 11.0. The van der Waals surface area contributed by atoms with Crippen LogP contribution in [0.1, 0.15) is 27.3 Å². The molecule has 0 aliphatic carbocycles. The van der Waals surface area contributed by atoms with Crippen LogP contribution in [0.4, 0.5) is 0 Å². The van der Waals surface area contributed by atoms with E-state index in [1.54, 1.807) is 28.9 Å². The number of pyridine rings is 1. The molecule has 4 aromatic rings. The molecule has 148 valence electrons. The minimum atomic E-state index is -0.160. The van der Waals surface area contributed by atoms with E-state index in [1.807, 2.05) is 61.0 Å². The number of hydrogen-bond acceptors (Lipinski definition) is 4. The Bertz CT molecular complexity index is 1130. The van der Waals surface area contributed by atoms with Crippen LogP contribution in [0.25, 0.3) is 5.65 Å². The van der Waals surface area contributed by atoms with Gasteiger partial charge in [-0.05, 0) is 43.7 Å². The first-order chi connectivity index (χ1) is 14.0. The van der Waals surface area contributed by atoms with E-state index in [2.05, 4.69) is 16.1 Å². The SMILES string of the molecule is Cc1ccc(OCn2ccc(C(=O)N(C)Cc3cn4ccccc4n3)n2)c(C)c1. The number of carbonyl (C=O) groups is 1. The second-order valence-electron chi connectivity index (χ2n) is 7.14. The van der Waals surface area contributed by atoms with Gasteiger partial charge >= 0.3 is 0 Å². The second kappa shape index (κ2) is 7.79. The summed E-state index contributed by atoms with van der Waals surface area (Å²) in [5.41, 5.74) is 4.32. The lowest BCUT2D eigenvalue weighted by atomic mass is 10.1. The van der Waals surface area contributed by atoms with Gasteiger partial charge in [-0.3, -0.25) is 4.79 Å². The van der Waals surface area contributed by atoms with Crippen molar-refractivity contribution in [2.45, 2.75) is 27.1 Å². The van der Waals surface area contributed by atoms with Gasteiger partial charge in [0.05, 0.1) is 12.2 Å². The number of amides is 1. The quantitative estimate of drug-likeness (QED) is 0.507. The highest BCUT2D eigenvalue weighted by Gasteiger charge is 2.16. The Morgan fingerprint density at radius 3 is 2.79 bits per heavy atom. The number of aryl methyl sites for hydroxylation is 2. The van der Waals surface area contributed by atoms with Crippen molar-refractivity contribution in [3.8, 4) is 5.75 Å². The van der Waals surface area contributed by atoms with Crippen molar-refractivity contribution in [1.29, 1.82) is 0 Å². The predicted octanol–water partition coefficient (Wildman–Crippen LogP) is 3.46. The molecular weight excluding hydrogens is 366 g/mol. The second-order valence-corrected chi connectivity index (χ2v) is 7.14. The predicted molar refractivity (Wildman–Crippen MR) is 110 cm³/mol. The number of hydrogen-bond donors (Lipinski definition) is 0. The molecule has 0 saturated heterocycles. The minimum Gasteiger partial charge on any atom is -0.471 e. The van der Waals surface area contributed by atoms with Gasteiger partial charge in [0.15, 0.2) is 12.4 Å². The maximum atomic E-state index is 12.7. The van der Waals surface area contributed by atoms with Gasteiger partial charge in [-0.25, -0.2) is 9.67 Å². The molecule has 0 aliphatic heterocycles. The molecule has 0 unspecified atom stereocenters. The number of ether oxygens (including phenoxy) is 1. The Balaban J connectivity index is 1.39. The fraction of sp³-hybridized carbons (Fsp3) is 0.227. The third-order valence-corrected chi connectivity index (χ3v) is 4.70. The molecule has 0 bridgehead atoms. The van der Waals surface area contributed by atoms with Gasteiger partial charge < -0.3 is 14.0 Å². The minimum absolute atomic E-state index is 0.160. The molecule has 0 fully saturated rings. The first kappa shape index (κ1) is 18.7. The van der Waals surface area contributed by atoms with Crippen molar-refractivity contribution in [2.24, 2.45) is 0 Å². The van der Waals surface area contributed by atoms with Crippen LogP contribution in [0.2, 0.25) is 0 Å². The van der Waals surface area contributed by atoms with Crippen LogP contribution in [0.3, 0.4) is 0 Å². The summed E-state index contributed by atoms with van der Waals surface area (Å²) in [6.45, 7) is 4.71. The molecule has 0 radical (unpaired) electrons. The van der Waals surface area contributed by atoms with E-state index in [0.717, 1.165) is 22.7 Å². The number of rotatable bonds is 6. The van der Waals surface area contributed by atoms with Crippen LogP contribution >= 0.6 is 0 Å². The van der Waals surface area contributed by atoms with Gasteiger partial charge in [0.2, 0.25) is 0 Å². The Kier molecular flexibility index (Phi) is 5.03. The Hall–Kier alpha value is -3.61. The van der Waals surface area contributed by atoms with Crippen molar-refractivity contribution >= 4 is 11.6 Å². The van der Waals surface area contributed by atoms with Gasteiger partial charge in [0.1, 0.15) is 11.4 Å². The maximum Gasteiger partial charge on any atom is 0.274 e. The van der Waals surface area contributed by atoms with Gasteiger partial charge in [0, 0.05) is 25.6 Å². The van der Waals surface area contributed by atoms with E-state index < -0.39 is 0 Å². The van der Waals surface area contributed by atoms with Crippen LogP contribution in [0.15, 0.2) is 61.1 Å². The summed E-state index contributed by atoms with van der Waals surface area (Å²) in [4.78, 5) is 18.9. The molecule has 3 heterocycles. The zero-order valence-corrected chi connectivity index (χ0v) is 16.7. The summed E-state index contributed by atoms with van der Waals surface area (Å²) in [6.07, 6.45) is 5.61. The summed E-state index contributed by atoms with van der Waals surface area (Å²) >= 11 is 0. The molecule has 7 heteroatoms. The molecule has 0 N–H and O–H groups in total. The Morgan fingerprint density at radius 2 is 2.00 bits per heavy atom. The van der Waals surface area contributed by atoms with E-state index in [4.69, 9.17) is 4.74 Å². The topological polar surface area (TPSA) is 64.7 Å². The highest BCUT2D eigenvalue weighted by atomic mass is 16.5. The lowest BCUT2D eigenvalue weighted by Gasteiger charge is -2.14. The summed E-state index contributed by atoms with van der Waals surface area (Å²) in [5.74, 6) is 0.648. The lowest BCUT2D eigenvalue weighted by Crippen LogP contribution is -2.27. The monoisotopic (exact) mass is 389 g/mol. The Morgan fingerprint density at radius 1 is 1.14 bits per heavy atom. The zero-order chi connectivity index (χ0) is 20.4. The maximum absolute atomic E-state index is 12.7. The molecule has 29 heavy (non-hydrogen) atoms. The standard InChI is InChI=1S/C22H23N5O2/c1-16-7-8-20(17(2)12-16)29-15-27-11-9-19(24-27)22(28)25(3)13-18-14-26-10-5-4-6-21(26)23-18/h4-12,14H,13,15H2,1-3H3. The molecule has 1 amide bonds. The average Bonchev–Trinajstić information content (AvgIpc) is 3.33. The summed E-state index contributed by atoms with van der Waals surface area (Å²) < 4.78 is 9.38. The summed E-state index contributed by atoms with van der Waals surface area (Å²) in [6, 6.07) is 13.5. The van der Waals surface area contributed by atoms with Gasteiger partial charge in [0.25, 0.3) is 5.91 Å². The Labute approximate surface area is 169 Å². The van der Waals surface area contributed by atoms with Crippen LogP contribution in [0, 0.1) is 13.8 Å². The zero-order valence-electron chi connectivity index (χ0n) is 16.7. The number of imidazole rings is 1. The molecule has 7 nitrogen and oxygen atoms in total. The lowest BCUT2D eigenvalue weighted by molar-refractivity contribution is 0.0775. The van der Waals surface area contributed by atoms with Crippen molar-refractivity contribution < 1.29 is 9.53 Å². The molecule has 4 rings (SSSR count). The first-order valence-corrected chi connectivity index (χ1v) is 9.41. The van der Waals surface area contributed by atoms with Crippen molar-refractivity contribution in [1.82, 2.24) is 24.1 Å². The third-order valence-electron chi connectivity index (χ3n) is 4.70. The molecule has 0 aliphatic rings. The first-order valence-electron chi connectivity index (χ1n) is 9.41. The molecule has 0 saturated carbocycles. The highest BCUT2D eigenvalue weighted by Crippen LogP contribution is 2.19. The van der Waals surface area contributed by atoms with Gasteiger partial charge in [-0.1, -0.05) is 23.8 Å². The van der Waals surface area contributed by atoms with Crippen LogP contribution in [-0.2, 0) is 13.3 Å². The number of nitrogens with zero attached hydrogens (tertiary/aromatic N) is 5. The smallest absolute Gasteiger partial charge is 0.274 e.